The van der Waals surface area contributed by atoms with Gasteiger partial charge in [-0.05, 0) is 44.2 Å². The minimum Gasteiger partial charge on any atom is -0.452 e. The van der Waals surface area contributed by atoms with Crippen LogP contribution in [0, 0.1) is 13.8 Å². The molecule has 5 nitrogen and oxygen atoms in total. The number of pyridine rings is 1. The minimum absolute atomic E-state index is 0.341. The molecule has 132 valence electrons. The van der Waals surface area contributed by atoms with Crippen molar-refractivity contribution in [2.75, 3.05) is 11.9 Å². The Kier molecular flexibility index (Phi) is 5.19. The lowest BCUT2D eigenvalue weighted by atomic mass is 10.1. The maximum atomic E-state index is 12.3. The van der Waals surface area contributed by atoms with E-state index in [0.717, 1.165) is 16.5 Å². The van der Waals surface area contributed by atoms with E-state index in [-0.39, 0.29) is 0 Å². The Morgan fingerprint density at radius 1 is 1.12 bits per heavy atom. The topological polar surface area (TPSA) is 68.3 Å². The maximum Gasteiger partial charge on any atom is 0.340 e. The van der Waals surface area contributed by atoms with Crippen LogP contribution in [0.15, 0.2) is 48.5 Å². The van der Waals surface area contributed by atoms with Crippen LogP contribution in [0.4, 0.5) is 5.69 Å². The van der Waals surface area contributed by atoms with Gasteiger partial charge in [0.2, 0.25) is 0 Å². The monoisotopic (exact) mass is 368 g/mol. The summed E-state index contributed by atoms with van der Waals surface area (Å²) in [7, 11) is 0. The second kappa shape index (κ2) is 7.54. The summed E-state index contributed by atoms with van der Waals surface area (Å²) < 4.78 is 5.13. The highest BCUT2D eigenvalue weighted by Crippen LogP contribution is 2.21. The molecule has 1 amide bonds. The number of rotatable bonds is 4. The van der Waals surface area contributed by atoms with Crippen LogP contribution in [0.25, 0.3) is 10.9 Å². The molecule has 0 fully saturated rings. The molecular weight excluding hydrogens is 352 g/mol. The number of ether oxygens (including phenoxy) is 1. The summed E-state index contributed by atoms with van der Waals surface area (Å²) in [6.45, 7) is 3.30. The van der Waals surface area contributed by atoms with Crippen molar-refractivity contribution in [3.8, 4) is 0 Å². The van der Waals surface area contributed by atoms with E-state index in [1.54, 1.807) is 37.3 Å². The van der Waals surface area contributed by atoms with Gasteiger partial charge in [-0.1, -0.05) is 35.4 Å². The van der Waals surface area contributed by atoms with Gasteiger partial charge in [0, 0.05) is 5.39 Å². The molecule has 1 aromatic heterocycles. The van der Waals surface area contributed by atoms with Gasteiger partial charge in [0.15, 0.2) is 6.61 Å². The lowest BCUT2D eigenvalue weighted by Crippen LogP contribution is -2.21. The van der Waals surface area contributed by atoms with Crippen molar-refractivity contribution in [3.05, 3.63) is 70.4 Å². The predicted octanol–water partition coefficient (Wildman–Crippen LogP) is 4.30. The van der Waals surface area contributed by atoms with Crippen LogP contribution in [-0.2, 0) is 9.53 Å². The minimum atomic E-state index is -0.590. The fourth-order valence-corrected chi connectivity index (χ4v) is 2.74. The van der Waals surface area contributed by atoms with Crippen molar-refractivity contribution >= 4 is 40.1 Å². The standard InChI is InChI=1S/C20H17ClN2O3/c1-12-7-8-17-14(9-12)10-15(13(2)22-17)20(25)26-11-19(24)23-18-6-4-3-5-16(18)21/h3-10H,11H2,1-2H3,(H,23,24). The Hall–Kier alpha value is -2.92. The van der Waals surface area contributed by atoms with Crippen LogP contribution in [0.5, 0.6) is 0 Å². The lowest BCUT2D eigenvalue weighted by molar-refractivity contribution is -0.119. The predicted molar refractivity (Wildman–Crippen MR) is 102 cm³/mol. The smallest absolute Gasteiger partial charge is 0.340 e. The summed E-state index contributed by atoms with van der Waals surface area (Å²) in [4.78, 5) is 28.8. The fraction of sp³-hybridized carbons (Fsp3) is 0.150. The molecule has 0 aliphatic heterocycles. The molecule has 6 heteroatoms. The third-order valence-corrected chi connectivity index (χ3v) is 4.19. The number of aryl methyl sites for hydroxylation is 2. The van der Waals surface area contributed by atoms with Gasteiger partial charge < -0.3 is 10.1 Å². The fourth-order valence-electron chi connectivity index (χ4n) is 2.56. The summed E-state index contributed by atoms with van der Waals surface area (Å²) in [5, 5.41) is 3.87. The molecule has 3 rings (SSSR count). The van der Waals surface area contributed by atoms with Gasteiger partial charge in [0.25, 0.3) is 5.91 Å². The molecule has 0 unspecified atom stereocenters. The molecule has 26 heavy (non-hydrogen) atoms. The van der Waals surface area contributed by atoms with E-state index in [2.05, 4.69) is 10.3 Å². The number of para-hydroxylation sites is 1. The highest BCUT2D eigenvalue weighted by molar-refractivity contribution is 6.33. The number of nitrogens with zero attached hydrogens (tertiary/aromatic N) is 1. The van der Waals surface area contributed by atoms with Crippen LogP contribution in [-0.4, -0.2) is 23.5 Å². The average Bonchev–Trinajstić information content (AvgIpc) is 2.61. The van der Waals surface area contributed by atoms with E-state index in [1.165, 1.54) is 0 Å². The Morgan fingerprint density at radius 3 is 2.65 bits per heavy atom. The van der Waals surface area contributed by atoms with Gasteiger partial charge in [-0.25, -0.2) is 4.79 Å². The van der Waals surface area contributed by atoms with E-state index in [4.69, 9.17) is 16.3 Å². The van der Waals surface area contributed by atoms with Crippen molar-refractivity contribution in [1.29, 1.82) is 0 Å². The molecule has 3 aromatic rings. The second-order valence-electron chi connectivity index (χ2n) is 5.92. The Morgan fingerprint density at radius 2 is 1.88 bits per heavy atom. The molecule has 0 aliphatic carbocycles. The van der Waals surface area contributed by atoms with E-state index < -0.39 is 18.5 Å². The number of carbonyl (C=O) groups is 2. The molecule has 0 spiro atoms. The first-order valence-corrected chi connectivity index (χ1v) is 8.41. The van der Waals surface area contributed by atoms with E-state index >= 15 is 0 Å². The van der Waals surface area contributed by atoms with Crippen LogP contribution in [0.2, 0.25) is 5.02 Å². The number of halogens is 1. The Bertz CT molecular complexity index is 1000. The number of amides is 1. The summed E-state index contributed by atoms with van der Waals surface area (Å²) in [5.74, 6) is -1.05. The number of esters is 1. The molecule has 0 saturated heterocycles. The van der Waals surface area contributed by atoms with Crippen molar-refractivity contribution in [1.82, 2.24) is 4.98 Å². The van der Waals surface area contributed by atoms with Gasteiger partial charge >= 0.3 is 5.97 Å². The Labute approximate surface area is 156 Å². The zero-order valence-corrected chi connectivity index (χ0v) is 15.1. The van der Waals surface area contributed by atoms with Gasteiger partial charge in [-0.2, -0.15) is 0 Å². The molecule has 0 saturated carbocycles. The van der Waals surface area contributed by atoms with Gasteiger partial charge in [-0.3, -0.25) is 9.78 Å². The molecule has 1 heterocycles. The van der Waals surface area contributed by atoms with Gasteiger partial charge in [-0.15, -0.1) is 0 Å². The maximum absolute atomic E-state index is 12.3. The number of aromatic nitrogens is 1. The van der Waals surface area contributed by atoms with Crippen LogP contribution < -0.4 is 5.32 Å². The normalized spacial score (nSPS) is 10.6. The first-order valence-electron chi connectivity index (χ1n) is 8.03. The first-order chi connectivity index (χ1) is 12.4. The summed E-state index contributed by atoms with van der Waals surface area (Å²) in [6.07, 6.45) is 0. The number of anilines is 1. The molecule has 0 bridgehead atoms. The third-order valence-electron chi connectivity index (χ3n) is 3.86. The molecule has 0 radical (unpaired) electrons. The molecule has 1 N–H and O–H groups in total. The number of nitrogens with one attached hydrogen (secondary N) is 1. The van der Waals surface area contributed by atoms with Crippen molar-refractivity contribution < 1.29 is 14.3 Å². The quantitative estimate of drug-likeness (QED) is 0.697. The van der Waals surface area contributed by atoms with Crippen molar-refractivity contribution in [3.63, 3.8) is 0 Å². The summed E-state index contributed by atoms with van der Waals surface area (Å²) in [5.41, 5.74) is 3.24. The number of carbonyl (C=O) groups excluding carboxylic acids is 2. The zero-order valence-electron chi connectivity index (χ0n) is 14.4. The van der Waals surface area contributed by atoms with Gasteiger partial charge in [0.05, 0.1) is 27.5 Å². The molecule has 0 aliphatic rings. The first kappa shape index (κ1) is 17.9. The van der Waals surface area contributed by atoms with Crippen LogP contribution >= 0.6 is 11.6 Å². The van der Waals surface area contributed by atoms with E-state index in [1.807, 2.05) is 25.1 Å². The molecular formula is C20H17ClN2O3. The number of fused-ring (bicyclic) bond motifs is 1. The molecule has 2 aromatic carbocycles. The SMILES string of the molecule is Cc1ccc2nc(C)c(C(=O)OCC(=O)Nc3ccccc3Cl)cc2c1. The number of hydrogen-bond acceptors (Lipinski definition) is 4. The lowest BCUT2D eigenvalue weighted by Gasteiger charge is -2.10. The third kappa shape index (κ3) is 4.00. The van der Waals surface area contributed by atoms with Crippen molar-refractivity contribution in [2.24, 2.45) is 0 Å². The number of hydrogen-bond donors (Lipinski definition) is 1. The molecule has 0 atom stereocenters. The van der Waals surface area contributed by atoms with Crippen LogP contribution in [0.1, 0.15) is 21.6 Å². The number of benzene rings is 2. The summed E-state index contributed by atoms with van der Waals surface area (Å²) >= 11 is 5.99. The zero-order chi connectivity index (χ0) is 18.7. The second-order valence-corrected chi connectivity index (χ2v) is 6.33. The highest BCUT2D eigenvalue weighted by atomic mass is 35.5. The summed E-state index contributed by atoms with van der Waals surface area (Å²) in [6, 6.07) is 14.4. The van der Waals surface area contributed by atoms with Gasteiger partial charge in [0.1, 0.15) is 0 Å². The van der Waals surface area contributed by atoms with E-state index in [0.29, 0.717) is 22.0 Å². The highest BCUT2D eigenvalue weighted by Gasteiger charge is 2.15. The van der Waals surface area contributed by atoms with Crippen molar-refractivity contribution in [2.45, 2.75) is 13.8 Å². The Balaban J connectivity index is 1.70. The average molecular weight is 369 g/mol. The van der Waals surface area contributed by atoms with E-state index in [9.17, 15) is 9.59 Å². The largest absolute Gasteiger partial charge is 0.452 e. The van der Waals surface area contributed by atoms with Crippen LogP contribution in [0.3, 0.4) is 0 Å².